The highest BCUT2D eigenvalue weighted by Crippen LogP contribution is 2.39. The minimum Gasteiger partial charge on any atom is -0.319 e. The fourth-order valence-corrected chi connectivity index (χ4v) is 2.74. The zero-order valence-electron chi connectivity index (χ0n) is 11.1. The lowest BCUT2D eigenvalue weighted by Crippen LogP contribution is -2.46. The van der Waals surface area contributed by atoms with Crippen molar-refractivity contribution in [3.8, 4) is 0 Å². The summed E-state index contributed by atoms with van der Waals surface area (Å²) < 4.78 is 0. The molecule has 2 rings (SSSR count). The Morgan fingerprint density at radius 2 is 1.94 bits per heavy atom. The van der Waals surface area contributed by atoms with Crippen LogP contribution in [0, 0.1) is 12.3 Å². The van der Waals surface area contributed by atoms with Gasteiger partial charge in [0, 0.05) is 19.6 Å². The lowest BCUT2D eigenvalue weighted by Gasteiger charge is -2.42. The van der Waals surface area contributed by atoms with Gasteiger partial charge in [0.05, 0.1) is 0 Å². The summed E-state index contributed by atoms with van der Waals surface area (Å²) in [5, 5.41) is 6.96. The van der Waals surface area contributed by atoms with E-state index >= 15 is 0 Å². The van der Waals surface area contributed by atoms with Crippen LogP contribution >= 0.6 is 0 Å². The van der Waals surface area contributed by atoms with E-state index in [1.54, 1.807) is 0 Å². The van der Waals surface area contributed by atoms with Crippen LogP contribution in [0.5, 0.6) is 0 Å². The molecule has 1 fully saturated rings. The predicted octanol–water partition coefficient (Wildman–Crippen LogP) is 2.47. The second kappa shape index (κ2) is 5.65. The molecule has 0 bridgehead atoms. The van der Waals surface area contributed by atoms with Crippen LogP contribution in [-0.2, 0) is 6.54 Å². The van der Waals surface area contributed by atoms with Crippen LogP contribution in [0.4, 0.5) is 0 Å². The molecule has 0 amide bonds. The van der Waals surface area contributed by atoms with Crippen molar-refractivity contribution in [3.05, 3.63) is 35.4 Å². The summed E-state index contributed by atoms with van der Waals surface area (Å²) >= 11 is 0. The maximum atomic E-state index is 3.63. The first kappa shape index (κ1) is 12.6. The summed E-state index contributed by atoms with van der Waals surface area (Å²) in [6.45, 7) is 5.47. The van der Waals surface area contributed by atoms with Crippen molar-refractivity contribution in [1.29, 1.82) is 0 Å². The van der Waals surface area contributed by atoms with Crippen molar-refractivity contribution >= 4 is 0 Å². The molecule has 0 aliphatic heterocycles. The lowest BCUT2D eigenvalue weighted by atomic mass is 9.68. The highest BCUT2D eigenvalue weighted by atomic mass is 14.9. The van der Waals surface area contributed by atoms with Crippen molar-refractivity contribution in [2.24, 2.45) is 5.41 Å². The number of nitrogens with one attached hydrogen (secondary N) is 2. The average Bonchev–Trinajstić information content (AvgIpc) is 2.28. The van der Waals surface area contributed by atoms with Crippen molar-refractivity contribution < 1.29 is 0 Å². The van der Waals surface area contributed by atoms with Gasteiger partial charge in [-0.1, -0.05) is 30.7 Å². The SMILES string of the molecule is CNCC1(CNCc2ccccc2C)CCC1. The maximum absolute atomic E-state index is 3.63. The molecule has 0 saturated heterocycles. The fraction of sp³-hybridized carbons (Fsp3) is 0.600. The molecule has 0 spiro atoms. The van der Waals surface area contributed by atoms with Gasteiger partial charge >= 0.3 is 0 Å². The largest absolute Gasteiger partial charge is 0.319 e. The Kier molecular flexibility index (Phi) is 4.19. The van der Waals surface area contributed by atoms with Crippen LogP contribution in [0.15, 0.2) is 24.3 Å². The molecule has 94 valence electrons. The fourth-order valence-electron chi connectivity index (χ4n) is 2.74. The molecule has 1 aromatic carbocycles. The summed E-state index contributed by atoms with van der Waals surface area (Å²) in [5.41, 5.74) is 3.33. The van der Waals surface area contributed by atoms with Crippen LogP contribution < -0.4 is 10.6 Å². The third kappa shape index (κ3) is 3.08. The predicted molar refractivity (Wildman–Crippen MR) is 73.1 cm³/mol. The topological polar surface area (TPSA) is 24.1 Å². The van der Waals surface area contributed by atoms with Crippen LogP contribution in [0.2, 0.25) is 0 Å². The molecule has 1 aromatic rings. The van der Waals surface area contributed by atoms with Crippen LogP contribution in [0.25, 0.3) is 0 Å². The molecule has 1 aliphatic carbocycles. The third-order valence-corrected chi connectivity index (χ3v) is 4.04. The molecule has 1 aliphatic rings. The number of rotatable bonds is 6. The van der Waals surface area contributed by atoms with Crippen LogP contribution in [0.3, 0.4) is 0 Å². The Morgan fingerprint density at radius 3 is 2.53 bits per heavy atom. The van der Waals surface area contributed by atoms with E-state index in [4.69, 9.17) is 0 Å². The van der Waals surface area contributed by atoms with E-state index in [1.807, 2.05) is 0 Å². The van der Waals surface area contributed by atoms with Gasteiger partial charge in [-0.25, -0.2) is 0 Å². The second-order valence-corrected chi connectivity index (χ2v) is 5.41. The van der Waals surface area contributed by atoms with Gasteiger partial charge in [-0.3, -0.25) is 0 Å². The van der Waals surface area contributed by atoms with Gasteiger partial charge in [0.1, 0.15) is 0 Å². The summed E-state index contributed by atoms with van der Waals surface area (Å²) in [6.07, 6.45) is 4.14. The quantitative estimate of drug-likeness (QED) is 0.787. The maximum Gasteiger partial charge on any atom is 0.0208 e. The minimum absolute atomic E-state index is 0.525. The van der Waals surface area contributed by atoms with Gasteiger partial charge in [0.25, 0.3) is 0 Å². The summed E-state index contributed by atoms with van der Waals surface area (Å²) in [7, 11) is 2.06. The van der Waals surface area contributed by atoms with Crippen molar-refractivity contribution in [2.45, 2.75) is 32.7 Å². The second-order valence-electron chi connectivity index (χ2n) is 5.41. The van der Waals surface area contributed by atoms with Gasteiger partial charge in [0.2, 0.25) is 0 Å². The normalized spacial score (nSPS) is 17.8. The number of hydrogen-bond acceptors (Lipinski definition) is 2. The van der Waals surface area contributed by atoms with E-state index < -0.39 is 0 Å². The number of benzene rings is 1. The van der Waals surface area contributed by atoms with Crippen LogP contribution in [-0.4, -0.2) is 20.1 Å². The summed E-state index contributed by atoms with van der Waals surface area (Å²) in [6, 6.07) is 8.63. The molecule has 2 heteroatoms. The van der Waals surface area contributed by atoms with E-state index in [2.05, 4.69) is 48.9 Å². The van der Waals surface area contributed by atoms with Gasteiger partial charge < -0.3 is 10.6 Å². The Morgan fingerprint density at radius 1 is 1.18 bits per heavy atom. The molecule has 0 unspecified atom stereocenters. The lowest BCUT2D eigenvalue weighted by molar-refractivity contribution is 0.130. The molecule has 2 nitrogen and oxygen atoms in total. The Labute approximate surface area is 105 Å². The van der Waals surface area contributed by atoms with Crippen molar-refractivity contribution in [2.75, 3.05) is 20.1 Å². The molecule has 0 atom stereocenters. The molecule has 0 aromatic heterocycles. The standard InChI is InChI=1S/C15H24N2/c1-13-6-3-4-7-14(13)10-17-12-15(11-16-2)8-5-9-15/h3-4,6-7,16-17H,5,8-12H2,1-2H3. The zero-order valence-corrected chi connectivity index (χ0v) is 11.1. The molecular formula is C15H24N2. The molecule has 1 saturated carbocycles. The summed E-state index contributed by atoms with van der Waals surface area (Å²) in [5.74, 6) is 0. The first-order valence-electron chi connectivity index (χ1n) is 6.66. The zero-order chi connectivity index (χ0) is 12.1. The van der Waals surface area contributed by atoms with E-state index in [0.717, 1.165) is 19.6 Å². The average molecular weight is 232 g/mol. The van der Waals surface area contributed by atoms with Crippen LogP contribution in [0.1, 0.15) is 30.4 Å². The monoisotopic (exact) mass is 232 g/mol. The minimum atomic E-state index is 0.525. The highest BCUT2D eigenvalue weighted by Gasteiger charge is 2.35. The molecule has 17 heavy (non-hydrogen) atoms. The smallest absolute Gasteiger partial charge is 0.0208 e. The number of hydrogen-bond donors (Lipinski definition) is 2. The summed E-state index contributed by atoms with van der Waals surface area (Å²) in [4.78, 5) is 0. The molecule has 2 N–H and O–H groups in total. The number of aryl methyl sites for hydroxylation is 1. The Balaban J connectivity index is 1.81. The third-order valence-electron chi connectivity index (χ3n) is 4.04. The van der Waals surface area contributed by atoms with Crippen molar-refractivity contribution in [3.63, 3.8) is 0 Å². The molecule has 0 heterocycles. The van der Waals surface area contributed by atoms with Gasteiger partial charge in [-0.15, -0.1) is 0 Å². The first-order valence-corrected chi connectivity index (χ1v) is 6.66. The van der Waals surface area contributed by atoms with E-state index in [9.17, 15) is 0 Å². The Bertz CT molecular complexity index is 356. The van der Waals surface area contributed by atoms with E-state index in [-0.39, 0.29) is 0 Å². The van der Waals surface area contributed by atoms with E-state index in [0.29, 0.717) is 5.41 Å². The van der Waals surface area contributed by atoms with E-state index in [1.165, 1.54) is 30.4 Å². The molecule has 0 radical (unpaired) electrons. The molecular weight excluding hydrogens is 208 g/mol. The Hall–Kier alpha value is -0.860. The van der Waals surface area contributed by atoms with Gasteiger partial charge in [-0.05, 0) is 43.4 Å². The first-order chi connectivity index (χ1) is 8.26. The highest BCUT2D eigenvalue weighted by molar-refractivity contribution is 5.25. The van der Waals surface area contributed by atoms with Gasteiger partial charge in [-0.2, -0.15) is 0 Å². The van der Waals surface area contributed by atoms with Gasteiger partial charge in [0.15, 0.2) is 0 Å². The van der Waals surface area contributed by atoms with Crippen molar-refractivity contribution in [1.82, 2.24) is 10.6 Å².